The maximum Gasteiger partial charge on any atom is 0.410 e. The van der Waals surface area contributed by atoms with Crippen LogP contribution in [0.4, 0.5) is 10.7 Å². The molecule has 4 aromatic rings. The molecule has 2 aromatic carbocycles. The molecule has 11 nitrogen and oxygen atoms in total. The molecule has 40 heavy (non-hydrogen) atoms. The van der Waals surface area contributed by atoms with Crippen molar-refractivity contribution >= 4 is 33.1 Å². The number of imidazole rings is 1. The highest BCUT2D eigenvalue weighted by Gasteiger charge is 2.33. The highest BCUT2D eigenvalue weighted by molar-refractivity contribution is 7.90. The zero-order chi connectivity index (χ0) is 28.8. The molecule has 1 amide bonds. The lowest BCUT2D eigenvalue weighted by Crippen LogP contribution is -2.42. The second kappa shape index (κ2) is 10.2. The molecule has 5 rings (SSSR count). The number of benzene rings is 2. The van der Waals surface area contributed by atoms with Gasteiger partial charge in [0.05, 0.1) is 28.2 Å². The lowest BCUT2D eigenvalue weighted by atomic mass is 10.1. The van der Waals surface area contributed by atoms with Crippen LogP contribution in [0.2, 0.25) is 0 Å². The van der Waals surface area contributed by atoms with Gasteiger partial charge < -0.3 is 20.1 Å². The molecule has 1 fully saturated rings. The summed E-state index contributed by atoms with van der Waals surface area (Å²) in [7, 11) is -2.22. The number of carbonyl (C=O) groups excluding carboxylic acids is 1. The Morgan fingerprint density at radius 3 is 2.58 bits per heavy atom. The van der Waals surface area contributed by atoms with Crippen LogP contribution >= 0.6 is 0 Å². The van der Waals surface area contributed by atoms with Gasteiger partial charge in [-0.3, -0.25) is 4.68 Å². The first-order valence-corrected chi connectivity index (χ1v) is 14.5. The Morgan fingerprint density at radius 2 is 1.88 bits per heavy atom. The molecule has 0 unspecified atom stereocenters. The fourth-order valence-corrected chi connectivity index (χ4v) is 6.28. The highest BCUT2D eigenvalue weighted by atomic mass is 32.2. The van der Waals surface area contributed by atoms with Crippen molar-refractivity contribution in [3.05, 3.63) is 54.2 Å². The van der Waals surface area contributed by atoms with Crippen molar-refractivity contribution in [2.24, 2.45) is 7.05 Å². The Bertz CT molecular complexity index is 1670. The minimum absolute atomic E-state index is 0.116. The van der Waals surface area contributed by atoms with Crippen LogP contribution in [0, 0.1) is 6.92 Å². The number of aromatic nitrogens is 4. The number of rotatable bonds is 6. The van der Waals surface area contributed by atoms with Crippen LogP contribution in [0.3, 0.4) is 0 Å². The van der Waals surface area contributed by atoms with Crippen molar-refractivity contribution in [2.45, 2.75) is 57.1 Å². The van der Waals surface area contributed by atoms with Gasteiger partial charge in [-0.1, -0.05) is 23.8 Å². The van der Waals surface area contributed by atoms with Crippen LogP contribution < -0.4 is 10.5 Å². The molecule has 12 heteroatoms. The van der Waals surface area contributed by atoms with Gasteiger partial charge in [0.25, 0.3) is 10.0 Å². The van der Waals surface area contributed by atoms with Crippen LogP contribution in [0.1, 0.15) is 39.2 Å². The maximum absolute atomic E-state index is 13.6. The van der Waals surface area contributed by atoms with Crippen molar-refractivity contribution in [2.75, 3.05) is 18.9 Å². The number of likely N-dealkylation sites (tertiary alicyclic amines) is 1. The number of nitrogens with two attached hydrogens (primary N) is 1. The van der Waals surface area contributed by atoms with E-state index in [1.165, 1.54) is 0 Å². The second-order valence-corrected chi connectivity index (χ2v) is 12.8. The number of aryl methyl sites for hydroxylation is 2. The van der Waals surface area contributed by atoms with Gasteiger partial charge in [0.2, 0.25) is 5.95 Å². The summed E-state index contributed by atoms with van der Waals surface area (Å²) < 4.78 is 41.6. The average Bonchev–Trinajstić information content (AvgIpc) is 3.57. The summed E-state index contributed by atoms with van der Waals surface area (Å²) in [5.41, 5.74) is 8.60. The van der Waals surface area contributed by atoms with Crippen molar-refractivity contribution in [1.82, 2.24) is 23.6 Å². The lowest BCUT2D eigenvalue weighted by molar-refractivity contribution is 0.0187. The van der Waals surface area contributed by atoms with Crippen LogP contribution in [-0.2, 0) is 21.8 Å². The Morgan fingerprint density at radius 1 is 1.15 bits per heavy atom. The SMILES string of the molecule is Cc1ccc(S(=O)(=O)n2c(N)nc3ccc(-c4c(OC[C@H]5CCCN5C(=O)OC(C)(C)C)cnn4C)cc32)cc1. The zero-order valence-electron chi connectivity index (χ0n) is 23.3. The van der Waals surface area contributed by atoms with Gasteiger partial charge in [-0.05, 0) is 64.8 Å². The summed E-state index contributed by atoms with van der Waals surface area (Å²) in [6, 6.07) is 11.7. The number of amides is 1. The largest absolute Gasteiger partial charge is 0.487 e. The van der Waals surface area contributed by atoms with Gasteiger partial charge in [-0.15, -0.1) is 0 Å². The summed E-state index contributed by atoms with van der Waals surface area (Å²) in [5.74, 6) is 0.385. The van der Waals surface area contributed by atoms with Crippen LogP contribution in [0.5, 0.6) is 5.75 Å². The summed E-state index contributed by atoms with van der Waals surface area (Å²) in [4.78, 5) is 18.8. The Kier molecular flexibility index (Phi) is 6.99. The fourth-order valence-electron chi connectivity index (χ4n) is 4.90. The quantitative estimate of drug-likeness (QED) is 0.364. The molecule has 2 aromatic heterocycles. The predicted molar refractivity (Wildman–Crippen MR) is 152 cm³/mol. The molecule has 0 radical (unpaired) electrons. The van der Waals surface area contributed by atoms with Gasteiger partial charge in [-0.2, -0.15) is 5.10 Å². The van der Waals surface area contributed by atoms with E-state index in [-0.39, 0.29) is 29.6 Å². The molecule has 2 N–H and O–H groups in total. The van der Waals surface area contributed by atoms with E-state index in [0.717, 1.165) is 22.4 Å². The highest BCUT2D eigenvalue weighted by Crippen LogP contribution is 2.34. The molecule has 1 aliphatic heterocycles. The average molecular weight is 567 g/mol. The van der Waals surface area contributed by atoms with E-state index >= 15 is 0 Å². The van der Waals surface area contributed by atoms with E-state index < -0.39 is 15.6 Å². The van der Waals surface area contributed by atoms with Gasteiger partial charge in [0.15, 0.2) is 5.75 Å². The standard InChI is InChI=1S/C28H34N6O5S/c1-18-8-11-21(12-9-18)40(36,37)34-23-15-19(10-13-22(23)31-26(34)29)25-24(16-30-32(25)5)38-17-20-7-6-14-33(20)27(35)39-28(2,3)4/h8-13,15-16,20H,6-7,14,17H2,1-5H3,(H2,29,31)/t20-/m1/s1. The number of nitrogen functional groups attached to an aromatic ring is 1. The summed E-state index contributed by atoms with van der Waals surface area (Å²) >= 11 is 0. The molecular weight excluding hydrogens is 532 g/mol. The van der Waals surface area contributed by atoms with Crippen LogP contribution in [-0.4, -0.2) is 62.9 Å². The maximum atomic E-state index is 13.6. The van der Waals surface area contributed by atoms with Crippen molar-refractivity contribution in [3.8, 4) is 17.0 Å². The van der Waals surface area contributed by atoms with Gasteiger partial charge >= 0.3 is 6.09 Å². The first kappa shape index (κ1) is 27.5. The number of hydrogen-bond acceptors (Lipinski definition) is 8. The minimum atomic E-state index is -4.00. The predicted octanol–water partition coefficient (Wildman–Crippen LogP) is 4.34. The topological polar surface area (TPSA) is 135 Å². The third kappa shape index (κ3) is 5.23. The number of nitrogens with zero attached hydrogens (tertiary/aromatic N) is 5. The fraction of sp³-hybridized carbons (Fsp3) is 0.393. The van der Waals surface area contributed by atoms with E-state index in [2.05, 4.69) is 10.1 Å². The smallest absolute Gasteiger partial charge is 0.410 e. The molecule has 0 aliphatic carbocycles. The van der Waals surface area contributed by atoms with E-state index in [9.17, 15) is 13.2 Å². The van der Waals surface area contributed by atoms with E-state index in [0.29, 0.717) is 34.6 Å². The van der Waals surface area contributed by atoms with Crippen LogP contribution in [0.25, 0.3) is 22.3 Å². The molecule has 1 saturated heterocycles. The first-order valence-electron chi connectivity index (χ1n) is 13.1. The lowest BCUT2D eigenvalue weighted by Gasteiger charge is -2.28. The third-order valence-electron chi connectivity index (χ3n) is 6.81. The molecule has 0 saturated carbocycles. The van der Waals surface area contributed by atoms with E-state index in [4.69, 9.17) is 15.2 Å². The molecule has 3 heterocycles. The second-order valence-electron chi connectivity index (χ2n) is 11.0. The molecule has 0 spiro atoms. The Balaban J connectivity index is 1.45. The minimum Gasteiger partial charge on any atom is -0.487 e. The van der Waals surface area contributed by atoms with Crippen molar-refractivity contribution in [1.29, 1.82) is 0 Å². The number of carbonyl (C=O) groups is 1. The van der Waals surface area contributed by atoms with Crippen molar-refractivity contribution in [3.63, 3.8) is 0 Å². The normalized spacial score (nSPS) is 16.0. The zero-order valence-corrected chi connectivity index (χ0v) is 24.1. The van der Waals surface area contributed by atoms with E-state index in [1.807, 2.05) is 33.8 Å². The molecule has 1 atom stereocenters. The van der Waals surface area contributed by atoms with Crippen molar-refractivity contribution < 1.29 is 22.7 Å². The molecule has 212 valence electrons. The van der Waals surface area contributed by atoms with Gasteiger partial charge in [-0.25, -0.2) is 22.2 Å². The number of anilines is 1. The van der Waals surface area contributed by atoms with E-state index in [1.54, 1.807) is 59.2 Å². The molecular formula is C28H34N6O5S. The summed E-state index contributed by atoms with van der Waals surface area (Å²) in [6.07, 6.45) is 2.93. The Labute approximate surface area is 233 Å². The summed E-state index contributed by atoms with van der Waals surface area (Å²) in [6.45, 7) is 8.30. The molecule has 0 bridgehead atoms. The molecule has 1 aliphatic rings. The monoisotopic (exact) mass is 566 g/mol. The first-order chi connectivity index (χ1) is 18.8. The number of ether oxygens (including phenoxy) is 2. The van der Waals surface area contributed by atoms with Gasteiger partial charge in [0.1, 0.15) is 17.9 Å². The number of hydrogen-bond donors (Lipinski definition) is 1. The summed E-state index contributed by atoms with van der Waals surface area (Å²) in [5, 5.41) is 4.37. The van der Waals surface area contributed by atoms with Crippen LogP contribution in [0.15, 0.2) is 53.6 Å². The third-order valence-corrected chi connectivity index (χ3v) is 8.54. The Hall–Kier alpha value is -4.06. The number of fused-ring (bicyclic) bond motifs is 1. The van der Waals surface area contributed by atoms with Gasteiger partial charge in [0, 0.05) is 19.2 Å².